The minimum absolute atomic E-state index is 0.200. The second kappa shape index (κ2) is 6.89. The molecule has 0 aromatic heterocycles. The van der Waals surface area contributed by atoms with Crippen molar-refractivity contribution in [2.75, 3.05) is 19.6 Å². The number of amides is 1. The summed E-state index contributed by atoms with van der Waals surface area (Å²) >= 11 is 0. The Hall–Kier alpha value is -1.35. The highest BCUT2D eigenvalue weighted by atomic mass is 16.2. The van der Waals surface area contributed by atoms with Gasteiger partial charge in [0.1, 0.15) is 0 Å². The number of carbonyl (C=O) groups is 1. The van der Waals surface area contributed by atoms with E-state index in [1.54, 1.807) is 0 Å². The number of rotatable bonds is 5. The summed E-state index contributed by atoms with van der Waals surface area (Å²) in [6.07, 6.45) is 3.00. The van der Waals surface area contributed by atoms with Gasteiger partial charge in [0.25, 0.3) is 0 Å². The van der Waals surface area contributed by atoms with Crippen molar-refractivity contribution in [1.82, 2.24) is 10.6 Å². The molecule has 2 unspecified atom stereocenters. The molecule has 2 rings (SSSR count). The molecule has 1 heterocycles. The maximum Gasteiger partial charge on any atom is 0.227 e. The molecular formula is C17H26N2O. The lowest BCUT2D eigenvalue weighted by Crippen LogP contribution is -2.50. The molecule has 1 saturated heterocycles. The first kappa shape index (κ1) is 15.0. The van der Waals surface area contributed by atoms with Crippen LogP contribution in [0.15, 0.2) is 30.3 Å². The molecule has 110 valence electrons. The van der Waals surface area contributed by atoms with E-state index in [0.29, 0.717) is 12.5 Å². The fourth-order valence-electron chi connectivity index (χ4n) is 2.96. The lowest BCUT2D eigenvalue weighted by atomic mass is 9.77. The predicted molar refractivity (Wildman–Crippen MR) is 82.7 cm³/mol. The van der Waals surface area contributed by atoms with Crippen LogP contribution in [0.5, 0.6) is 0 Å². The van der Waals surface area contributed by atoms with Gasteiger partial charge in [-0.15, -0.1) is 0 Å². The Balaban J connectivity index is 1.91. The molecule has 0 radical (unpaired) electrons. The molecular weight excluding hydrogens is 248 g/mol. The van der Waals surface area contributed by atoms with Gasteiger partial charge in [-0.2, -0.15) is 0 Å². The van der Waals surface area contributed by atoms with Crippen LogP contribution in [0.25, 0.3) is 0 Å². The van der Waals surface area contributed by atoms with E-state index in [1.807, 2.05) is 18.2 Å². The summed E-state index contributed by atoms with van der Waals surface area (Å²) < 4.78 is 0. The SMILES string of the molecule is CCC1(C(=O)NCC(C)c2ccccc2)CCCNC1. The molecule has 1 aliphatic heterocycles. The van der Waals surface area contributed by atoms with E-state index in [2.05, 4.69) is 36.6 Å². The average molecular weight is 274 g/mol. The third kappa shape index (κ3) is 3.40. The molecule has 1 aliphatic rings. The standard InChI is InChI=1S/C17H26N2O/c1-3-17(10-7-11-18-13-17)16(20)19-12-14(2)15-8-5-4-6-9-15/h4-6,8-9,14,18H,3,7,10-13H2,1-2H3,(H,19,20). The Bertz CT molecular complexity index is 424. The lowest BCUT2D eigenvalue weighted by Gasteiger charge is -2.35. The third-order valence-corrected chi connectivity index (χ3v) is 4.57. The van der Waals surface area contributed by atoms with Crippen molar-refractivity contribution in [3.05, 3.63) is 35.9 Å². The molecule has 0 aliphatic carbocycles. The second-order valence-corrected chi connectivity index (χ2v) is 5.94. The zero-order chi connectivity index (χ0) is 14.4. The smallest absolute Gasteiger partial charge is 0.227 e. The van der Waals surface area contributed by atoms with E-state index in [9.17, 15) is 4.79 Å². The fourth-order valence-corrected chi connectivity index (χ4v) is 2.96. The van der Waals surface area contributed by atoms with Crippen molar-refractivity contribution in [2.24, 2.45) is 5.41 Å². The van der Waals surface area contributed by atoms with Crippen LogP contribution in [0.2, 0.25) is 0 Å². The Morgan fingerprint density at radius 2 is 2.15 bits per heavy atom. The second-order valence-electron chi connectivity index (χ2n) is 5.94. The minimum Gasteiger partial charge on any atom is -0.355 e. The maximum atomic E-state index is 12.5. The number of piperidine rings is 1. The molecule has 2 atom stereocenters. The molecule has 20 heavy (non-hydrogen) atoms. The van der Waals surface area contributed by atoms with Gasteiger partial charge >= 0.3 is 0 Å². The summed E-state index contributed by atoms with van der Waals surface area (Å²) in [6.45, 7) is 6.84. The number of hydrogen-bond donors (Lipinski definition) is 2. The molecule has 1 aromatic carbocycles. The van der Waals surface area contributed by atoms with Crippen LogP contribution in [-0.2, 0) is 4.79 Å². The van der Waals surface area contributed by atoms with Gasteiger partial charge < -0.3 is 10.6 Å². The molecule has 0 bridgehead atoms. The van der Waals surface area contributed by atoms with E-state index in [4.69, 9.17) is 0 Å². The van der Waals surface area contributed by atoms with Gasteiger partial charge in [0.05, 0.1) is 5.41 Å². The summed E-state index contributed by atoms with van der Waals surface area (Å²) in [5.74, 6) is 0.570. The molecule has 3 nitrogen and oxygen atoms in total. The van der Waals surface area contributed by atoms with Crippen molar-refractivity contribution in [1.29, 1.82) is 0 Å². The Morgan fingerprint density at radius 1 is 1.40 bits per heavy atom. The first-order valence-corrected chi connectivity index (χ1v) is 7.72. The monoisotopic (exact) mass is 274 g/mol. The first-order chi connectivity index (χ1) is 9.68. The first-order valence-electron chi connectivity index (χ1n) is 7.72. The van der Waals surface area contributed by atoms with Gasteiger partial charge in [0.2, 0.25) is 5.91 Å². The average Bonchev–Trinajstić information content (AvgIpc) is 2.53. The quantitative estimate of drug-likeness (QED) is 0.867. The van der Waals surface area contributed by atoms with Crippen molar-refractivity contribution in [2.45, 2.75) is 39.0 Å². The van der Waals surface area contributed by atoms with E-state index >= 15 is 0 Å². The highest BCUT2D eigenvalue weighted by molar-refractivity contribution is 5.83. The van der Waals surface area contributed by atoms with Crippen LogP contribution in [0, 0.1) is 5.41 Å². The summed E-state index contributed by atoms with van der Waals surface area (Å²) in [4.78, 5) is 12.5. The third-order valence-electron chi connectivity index (χ3n) is 4.57. The highest BCUT2D eigenvalue weighted by Crippen LogP contribution is 2.30. The van der Waals surface area contributed by atoms with Gasteiger partial charge in [-0.25, -0.2) is 0 Å². The van der Waals surface area contributed by atoms with E-state index < -0.39 is 0 Å². The zero-order valence-electron chi connectivity index (χ0n) is 12.6. The summed E-state index contributed by atoms with van der Waals surface area (Å²) in [5, 5.41) is 6.53. The van der Waals surface area contributed by atoms with Gasteiger partial charge in [0.15, 0.2) is 0 Å². The van der Waals surface area contributed by atoms with Crippen LogP contribution in [0.3, 0.4) is 0 Å². The number of carbonyl (C=O) groups excluding carboxylic acids is 1. The molecule has 0 saturated carbocycles. The van der Waals surface area contributed by atoms with Crippen LogP contribution in [-0.4, -0.2) is 25.5 Å². The minimum atomic E-state index is -0.200. The summed E-state index contributed by atoms with van der Waals surface area (Å²) in [6, 6.07) is 10.4. The molecule has 0 spiro atoms. The number of nitrogens with one attached hydrogen (secondary N) is 2. The van der Waals surface area contributed by atoms with Gasteiger partial charge in [-0.3, -0.25) is 4.79 Å². The van der Waals surface area contributed by atoms with E-state index in [-0.39, 0.29) is 11.3 Å². The van der Waals surface area contributed by atoms with Crippen LogP contribution in [0.4, 0.5) is 0 Å². The van der Waals surface area contributed by atoms with Crippen LogP contribution < -0.4 is 10.6 Å². The topological polar surface area (TPSA) is 41.1 Å². The summed E-state index contributed by atoms with van der Waals surface area (Å²) in [7, 11) is 0. The zero-order valence-corrected chi connectivity index (χ0v) is 12.6. The lowest BCUT2D eigenvalue weighted by molar-refractivity contribution is -0.132. The van der Waals surface area contributed by atoms with Crippen LogP contribution >= 0.6 is 0 Å². The Morgan fingerprint density at radius 3 is 2.75 bits per heavy atom. The highest BCUT2D eigenvalue weighted by Gasteiger charge is 2.37. The predicted octanol–water partition coefficient (Wildman–Crippen LogP) is 2.69. The Kier molecular flexibility index (Phi) is 5.18. The number of hydrogen-bond acceptors (Lipinski definition) is 2. The van der Waals surface area contributed by atoms with Gasteiger partial charge in [0, 0.05) is 13.1 Å². The van der Waals surface area contributed by atoms with Crippen molar-refractivity contribution in [3.8, 4) is 0 Å². The molecule has 1 amide bonds. The largest absolute Gasteiger partial charge is 0.355 e. The molecule has 1 aromatic rings. The van der Waals surface area contributed by atoms with Crippen molar-refractivity contribution < 1.29 is 4.79 Å². The normalized spacial score (nSPS) is 24.1. The number of benzene rings is 1. The molecule has 3 heteroatoms. The fraction of sp³-hybridized carbons (Fsp3) is 0.588. The van der Waals surface area contributed by atoms with E-state index in [1.165, 1.54) is 5.56 Å². The van der Waals surface area contributed by atoms with E-state index in [0.717, 1.165) is 32.4 Å². The van der Waals surface area contributed by atoms with Gasteiger partial charge in [-0.05, 0) is 37.3 Å². The molecule has 2 N–H and O–H groups in total. The Labute approximate surface area is 122 Å². The van der Waals surface area contributed by atoms with Crippen molar-refractivity contribution >= 4 is 5.91 Å². The molecule has 1 fully saturated rings. The van der Waals surface area contributed by atoms with Crippen molar-refractivity contribution in [3.63, 3.8) is 0 Å². The summed E-state index contributed by atoms with van der Waals surface area (Å²) in [5.41, 5.74) is 1.08. The van der Waals surface area contributed by atoms with Gasteiger partial charge in [-0.1, -0.05) is 44.2 Å². The van der Waals surface area contributed by atoms with Crippen LogP contribution in [0.1, 0.15) is 44.6 Å². The maximum absolute atomic E-state index is 12.5.